The molecule has 35 heavy (non-hydrogen) atoms. The number of fused-ring (bicyclic) bond motifs is 1. The number of benzene rings is 2. The van der Waals surface area contributed by atoms with Crippen LogP contribution in [0.4, 0.5) is 13.2 Å². The molecular formula is C26H25ClF3N3O2. The number of rotatable bonds is 8. The third kappa shape index (κ3) is 6.18. The van der Waals surface area contributed by atoms with E-state index < -0.39 is 24.1 Å². The number of carbonyl (C=O) groups is 1. The first kappa shape index (κ1) is 25.1. The lowest BCUT2D eigenvalue weighted by atomic mass is 9.98. The van der Waals surface area contributed by atoms with Gasteiger partial charge in [0.15, 0.2) is 5.82 Å². The van der Waals surface area contributed by atoms with E-state index in [1.54, 1.807) is 18.3 Å². The van der Waals surface area contributed by atoms with Crippen LogP contribution in [-0.4, -0.2) is 39.0 Å². The summed E-state index contributed by atoms with van der Waals surface area (Å²) in [7, 11) is 0. The van der Waals surface area contributed by atoms with Gasteiger partial charge >= 0.3 is 5.97 Å². The number of nitrogens with zero attached hydrogens (tertiary/aromatic N) is 3. The molecule has 1 unspecified atom stereocenters. The molecule has 1 aromatic heterocycles. The minimum absolute atomic E-state index is 0.0436. The minimum atomic E-state index is -3.26. The summed E-state index contributed by atoms with van der Waals surface area (Å²) in [4.78, 5) is 22.2. The van der Waals surface area contributed by atoms with E-state index in [4.69, 9.17) is 16.7 Å². The van der Waals surface area contributed by atoms with E-state index in [1.807, 2.05) is 6.92 Å². The number of hydrogen-bond donors (Lipinski definition) is 1. The Kier molecular flexibility index (Phi) is 7.42. The third-order valence-corrected chi connectivity index (χ3v) is 6.33. The molecule has 0 amide bonds. The molecule has 0 saturated heterocycles. The molecule has 3 aromatic rings. The highest BCUT2D eigenvalue weighted by molar-refractivity contribution is 6.30. The quantitative estimate of drug-likeness (QED) is 0.424. The molecule has 1 aliphatic heterocycles. The molecule has 0 saturated carbocycles. The first-order valence-electron chi connectivity index (χ1n) is 11.3. The number of aromatic nitrogens is 2. The Labute approximate surface area is 206 Å². The van der Waals surface area contributed by atoms with E-state index in [-0.39, 0.29) is 28.5 Å². The van der Waals surface area contributed by atoms with Crippen molar-refractivity contribution in [2.45, 2.75) is 38.7 Å². The highest BCUT2D eigenvalue weighted by Crippen LogP contribution is 2.34. The van der Waals surface area contributed by atoms with E-state index in [9.17, 15) is 18.0 Å². The van der Waals surface area contributed by atoms with Gasteiger partial charge < -0.3 is 5.11 Å². The smallest absolute Gasteiger partial charge is 0.303 e. The average Bonchev–Trinajstić information content (AvgIpc) is 2.80. The summed E-state index contributed by atoms with van der Waals surface area (Å²) in [6.07, 6.45) is 1.81. The fraction of sp³-hybridized carbons (Fsp3) is 0.346. The summed E-state index contributed by atoms with van der Waals surface area (Å²) >= 11 is 5.71. The Hall–Kier alpha value is -2.97. The lowest BCUT2D eigenvalue weighted by Gasteiger charge is -2.29. The normalized spacial score (nSPS) is 15.0. The van der Waals surface area contributed by atoms with Crippen molar-refractivity contribution in [2.75, 3.05) is 13.1 Å². The van der Waals surface area contributed by atoms with Gasteiger partial charge in [0.1, 0.15) is 5.82 Å². The summed E-state index contributed by atoms with van der Waals surface area (Å²) in [5.74, 6) is -4.32. The molecular weight excluding hydrogens is 479 g/mol. The van der Waals surface area contributed by atoms with E-state index in [1.165, 1.54) is 24.3 Å². The number of aliphatic carboxylic acids is 1. The molecule has 0 bridgehead atoms. The van der Waals surface area contributed by atoms with Gasteiger partial charge in [-0.05, 0) is 23.6 Å². The molecule has 0 aliphatic carbocycles. The summed E-state index contributed by atoms with van der Waals surface area (Å²) in [5.41, 5.74) is 2.18. The second-order valence-electron chi connectivity index (χ2n) is 9.05. The van der Waals surface area contributed by atoms with Crippen LogP contribution in [0, 0.1) is 11.7 Å². The first-order valence-corrected chi connectivity index (χ1v) is 11.7. The van der Waals surface area contributed by atoms with Gasteiger partial charge in [-0.15, -0.1) is 0 Å². The molecule has 0 fully saturated rings. The van der Waals surface area contributed by atoms with Crippen LogP contribution in [0.25, 0.3) is 11.4 Å². The molecule has 1 aliphatic rings. The molecule has 0 radical (unpaired) electrons. The molecule has 9 heteroatoms. The predicted octanol–water partition coefficient (Wildman–Crippen LogP) is 5.74. The Morgan fingerprint density at radius 3 is 2.66 bits per heavy atom. The van der Waals surface area contributed by atoms with Crippen LogP contribution in [-0.2, 0) is 30.1 Å². The standard InChI is InChI=1S/C26H25ClF3N3O2/c1-16(10-24(34)35)14-33-9-8-23-19(15-33)13-31-25(32-23)17-2-5-20(6-3-17)26(29,30)12-18-4-7-21(27)11-22(18)28/h2-7,11,13,16H,8-10,12,14-15H2,1H3,(H,34,35). The van der Waals surface area contributed by atoms with Crippen molar-refractivity contribution in [3.63, 3.8) is 0 Å². The maximum atomic E-state index is 14.8. The Balaban J connectivity index is 1.45. The number of hydrogen-bond acceptors (Lipinski definition) is 4. The van der Waals surface area contributed by atoms with E-state index in [0.29, 0.717) is 30.9 Å². The van der Waals surface area contributed by atoms with Crippen molar-refractivity contribution in [2.24, 2.45) is 5.92 Å². The fourth-order valence-corrected chi connectivity index (χ4v) is 4.50. The van der Waals surface area contributed by atoms with Crippen molar-refractivity contribution in [3.05, 3.63) is 81.9 Å². The molecule has 184 valence electrons. The van der Waals surface area contributed by atoms with Gasteiger partial charge in [-0.25, -0.2) is 23.1 Å². The summed E-state index contributed by atoms with van der Waals surface area (Å²) < 4.78 is 43.6. The maximum Gasteiger partial charge on any atom is 0.303 e. The van der Waals surface area contributed by atoms with E-state index in [2.05, 4.69) is 14.9 Å². The second-order valence-corrected chi connectivity index (χ2v) is 9.48. The zero-order valence-electron chi connectivity index (χ0n) is 19.1. The molecule has 2 heterocycles. The summed E-state index contributed by atoms with van der Waals surface area (Å²) in [6.45, 7) is 4.01. The Morgan fingerprint density at radius 1 is 1.23 bits per heavy atom. The first-order chi connectivity index (χ1) is 16.6. The van der Waals surface area contributed by atoms with Crippen LogP contribution < -0.4 is 0 Å². The Bertz CT molecular complexity index is 1220. The van der Waals surface area contributed by atoms with Crippen molar-refractivity contribution in [1.29, 1.82) is 0 Å². The van der Waals surface area contributed by atoms with Crippen LogP contribution >= 0.6 is 11.6 Å². The van der Waals surface area contributed by atoms with Gasteiger partial charge in [-0.2, -0.15) is 0 Å². The number of carboxylic acid groups (broad SMARTS) is 1. The van der Waals surface area contributed by atoms with Gasteiger partial charge in [-0.1, -0.05) is 48.9 Å². The van der Waals surface area contributed by atoms with Crippen LogP contribution in [0.15, 0.2) is 48.7 Å². The minimum Gasteiger partial charge on any atom is -0.481 e. The van der Waals surface area contributed by atoms with Crippen molar-refractivity contribution < 1.29 is 23.1 Å². The molecule has 0 spiro atoms. The maximum absolute atomic E-state index is 14.8. The topological polar surface area (TPSA) is 66.3 Å². The summed E-state index contributed by atoms with van der Waals surface area (Å²) in [5, 5.41) is 9.12. The number of halogens is 4. The SMILES string of the molecule is CC(CC(=O)O)CN1CCc2nc(-c3ccc(C(F)(F)Cc4ccc(Cl)cc4F)cc3)ncc2C1. The van der Waals surface area contributed by atoms with E-state index in [0.717, 1.165) is 23.9 Å². The molecule has 4 rings (SSSR count). The predicted molar refractivity (Wildman–Crippen MR) is 127 cm³/mol. The lowest BCUT2D eigenvalue weighted by molar-refractivity contribution is -0.138. The second kappa shape index (κ2) is 10.3. The third-order valence-electron chi connectivity index (χ3n) is 6.10. The van der Waals surface area contributed by atoms with Gasteiger partial charge in [0.05, 0.1) is 5.69 Å². The molecule has 5 nitrogen and oxygen atoms in total. The molecule has 1 atom stereocenters. The Morgan fingerprint density at radius 2 is 1.97 bits per heavy atom. The summed E-state index contributed by atoms with van der Waals surface area (Å²) in [6, 6.07) is 9.42. The highest BCUT2D eigenvalue weighted by Gasteiger charge is 2.33. The lowest BCUT2D eigenvalue weighted by Crippen LogP contribution is -2.35. The van der Waals surface area contributed by atoms with Gasteiger partial charge in [0.2, 0.25) is 0 Å². The molecule has 2 aromatic carbocycles. The molecule has 1 N–H and O–H groups in total. The number of carboxylic acids is 1. The van der Waals surface area contributed by atoms with Crippen molar-refractivity contribution in [1.82, 2.24) is 14.9 Å². The average molecular weight is 504 g/mol. The van der Waals surface area contributed by atoms with Crippen LogP contribution in [0.2, 0.25) is 5.02 Å². The monoisotopic (exact) mass is 503 g/mol. The number of alkyl halides is 2. The van der Waals surface area contributed by atoms with E-state index >= 15 is 0 Å². The van der Waals surface area contributed by atoms with Crippen LogP contribution in [0.1, 0.15) is 35.7 Å². The van der Waals surface area contributed by atoms with Gasteiger partial charge in [-0.3, -0.25) is 9.69 Å². The van der Waals surface area contributed by atoms with Crippen LogP contribution in [0.5, 0.6) is 0 Å². The zero-order valence-corrected chi connectivity index (χ0v) is 19.9. The van der Waals surface area contributed by atoms with Crippen LogP contribution in [0.3, 0.4) is 0 Å². The zero-order chi connectivity index (χ0) is 25.2. The van der Waals surface area contributed by atoms with Gasteiger partial charge in [0, 0.05) is 66.8 Å². The largest absolute Gasteiger partial charge is 0.481 e. The van der Waals surface area contributed by atoms with Gasteiger partial charge in [0.25, 0.3) is 5.92 Å². The fourth-order valence-electron chi connectivity index (χ4n) is 4.34. The highest BCUT2D eigenvalue weighted by atomic mass is 35.5. The van der Waals surface area contributed by atoms with Crippen molar-refractivity contribution >= 4 is 17.6 Å². The van der Waals surface area contributed by atoms with Crippen molar-refractivity contribution in [3.8, 4) is 11.4 Å².